The first kappa shape index (κ1) is 17.3. The Labute approximate surface area is 157 Å². The van der Waals surface area contributed by atoms with Crippen LogP contribution >= 0.6 is 0 Å². The largest absolute Gasteiger partial charge is 0.369 e. The molecule has 2 aromatic carbocycles. The van der Waals surface area contributed by atoms with Crippen molar-refractivity contribution < 1.29 is 9.18 Å². The van der Waals surface area contributed by atoms with Crippen molar-refractivity contribution in [3.63, 3.8) is 0 Å². The lowest BCUT2D eigenvalue weighted by Gasteiger charge is -2.18. The molecule has 4 rings (SSSR count). The van der Waals surface area contributed by atoms with E-state index < -0.39 is 0 Å². The molecule has 2 heterocycles. The number of urea groups is 1. The van der Waals surface area contributed by atoms with Crippen LogP contribution in [0.1, 0.15) is 18.4 Å². The zero-order valence-electron chi connectivity index (χ0n) is 15.2. The molecule has 0 aliphatic carbocycles. The summed E-state index contributed by atoms with van der Waals surface area (Å²) in [5.74, 6) is -0.239. The van der Waals surface area contributed by atoms with Gasteiger partial charge in [-0.1, -0.05) is 12.1 Å². The van der Waals surface area contributed by atoms with Gasteiger partial charge in [-0.2, -0.15) is 5.10 Å². The van der Waals surface area contributed by atoms with Crippen LogP contribution < -0.4 is 15.5 Å². The second-order valence-electron chi connectivity index (χ2n) is 6.79. The van der Waals surface area contributed by atoms with Gasteiger partial charge in [-0.15, -0.1) is 0 Å². The normalized spacial score (nSPS) is 13.9. The minimum Gasteiger partial charge on any atom is -0.369 e. The van der Waals surface area contributed by atoms with Gasteiger partial charge >= 0.3 is 6.03 Å². The van der Waals surface area contributed by atoms with Crippen molar-refractivity contribution in [1.29, 1.82) is 0 Å². The van der Waals surface area contributed by atoms with E-state index in [1.807, 2.05) is 31.3 Å². The number of carbonyl (C=O) groups is 1. The molecule has 1 saturated heterocycles. The Kier molecular flexibility index (Phi) is 4.66. The third-order valence-corrected chi connectivity index (χ3v) is 4.95. The maximum atomic E-state index is 14.4. The highest BCUT2D eigenvalue weighted by Gasteiger charge is 2.16. The number of benzene rings is 2. The molecule has 1 fully saturated rings. The van der Waals surface area contributed by atoms with Crippen molar-refractivity contribution >= 4 is 28.3 Å². The van der Waals surface area contributed by atoms with E-state index in [4.69, 9.17) is 0 Å². The first-order chi connectivity index (χ1) is 13.1. The van der Waals surface area contributed by atoms with Crippen molar-refractivity contribution in [1.82, 2.24) is 15.1 Å². The van der Waals surface area contributed by atoms with E-state index in [0.717, 1.165) is 42.4 Å². The smallest absolute Gasteiger partial charge is 0.319 e. The van der Waals surface area contributed by atoms with Crippen molar-refractivity contribution in [3.8, 4) is 0 Å². The molecule has 0 unspecified atom stereocenters. The number of fused-ring (bicyclic) bond motifs is 1. The Hall–Kier alpha value is -3.09. The molecule has 6 nitrogen and oxygen atoms in total. The fraction of sp³-hybridized carbons (Fsp3) is 0.300. The third-order valence-electron chi connectivity index (χ3n) is 4.95. The number of carbonyl (C=O) groups excluding carboxylic acids is 1. The van der Waals surface area contributed by atoms with E-state index in [-0.39, 0.29) is 18.4 Å². The first-order valence-electron chi connectivity index (χ1n) is 9.11. The maximum absolute atomic E-state index is 14.4. The summed E-state index contributed by atoms with van der Waals surface area (Å²) in [4.78, 5) is 14.3. The Morgan fingerprint density at radius 3 is 2.81 bits per heavy atom. The van der Waals surface area contributed by atoms with Crippen LogP contribution in [0.4, 0.5) is 20.6 Å². The number of amides is 2. The highest BCUT2D eigenvalue weighted by molar-refractivity contribution is 6.00. The van der Waals surface area contributed by atoms with Gasteiger partial charge in [0.05, 0.1) is 23.1 Å². The summed E-state index contributed by atoms with van der Waals surface area (Å²) in [6.07, 6.45) is 3.93. The highest BCUT2D eigenvalue weighted by Crippen LogP contribution is 2.25. The zero-order chi connectivity index (χ0) is 18.8. The average Bonchev–Trinajstić information content (AvgIpc) is 3.31. The number of hydrogen-bond donors (Lipinski definition) is 2. The number of anilines is 2. The predicted octanol–water partition coefficient (Wildman–Crippen LogP) is 3.63. The predicted molar refractivity (Wildman–Crippen MR) is 104 cm³/mol. The van der Waals surface area contributed by atoms with E-state index in [1.165, 1.54) is 6.07 Å². The fourth-order valence-corrected chi connectivity index (χ4v) is 3.51. The Morgan fingerprint density at radius 2 is 2.04 bits per heavy atom. The standard InChI is InChI=1S/C20H22FN5O/c1-25-18-6-4-5-17(15(18)13-23-25)24-20(27)22-12-14-7-8-19(16(21)11-14)26-9-2-3-10-26/h4-8,11,13H,2-3,9-10,12H2,1H3,(H2,22,24,27). The summed E-state index contributed by atoms with van der Waals surface area (Å²) < 4.78 is 16.1. The van der Waals surface area contributed by atoms with Crippen LogP contribution in [0.5, 0.6) is 0 Å². The first-order valence-corrected chi connectivity index (χ1v) is 9.11. The molecule has 0 bridgehead atoms. The fourth-order valence-electron chi connectivity index (χ4n) is 3.51. The quantitative estimate of drug-likeness (QED) is 0.740. The summed E-state index contributed by atoms with van der Waals surface area (Å²) in [6.45, 7) is 2.06. The lowest BCUT2D eigenvalue weighted by molar-refractivity contribution is 0.251. The molecular formula is C20H22FN5O. The second-order valence-corrected chi connectivity index (χ2v) is 6.79. The van der Waals surface area contributed by atoms with Crippen molar-refractivity contribution in [3.05, 3.63) is 54.0 Å². The van der Waals surface area contributed by atoms with Crippen LogP contribution in [-0.4, -0.2) is 28.9 Å². The topological polar surface area (TPSA) is 62.2 Å². The highest BCUT2D eigenvalue weighted by atomic mass is 19.1. The van der Waals surface area contributed by atoms with Gasteiger partial charge in [-0.3, -0.25) is 4.68 Å². The van der Waals surface area contributed by atoms with E-state index in [2.05, 4.69) is 20.6 Å². The van der Waals surface area contributed by atoms with Crippen molar-refractivity contribution in [2.45, 2.75) is 19.4 Å². The lowest BCUT2D eigenvalue weighted by atomic mass is 10.2. The summed E-state index contributed by atoms with van der Waals surface area (Å²) in [5, 5.41) is 10.7. The van der Waals surface area contributed by atoms with Gasteiger partial charge in [0.2, 0.25) is 0 Å². The minimum atomic E-state index is -0.338. The van der Waals surface area contributed by atoms with Gasteiger partial charge in [-0.05, 0) is 42.7 Å². The number of rotatable bonds is 4. The van der Waals surface area contributed by atoms with E-state index >= 15 is 0 Å². The number of nitrogens with zero attached hydrogens (tertiary/aromatic N) is 3. The molecule has 0 saturated carbocycles. The molecule has 0 atom stereocenters. The van der Waals surface area contributed by atoms with Crippen molar-refractivity contribution in [2.75, 3.05) is 23.3 Å². The average molecular weight is 367 g/mol. The number of halogens is 1. The van der Waals surface area contributed by atoms with E-state index in [1.54, 1.807) is 16.9 Å². The van der Waals surface area contributed by atoms with Gasteiger partial charge in [-0.25, -0.2) is 9.18 Å². The number of nitrogens with one attached hydrogen (secondary N) is 2. The van der Waals surface area contributed by atoms with E-state index in [9.17, 15) is 9.18 Å². The van der Waals surface area contributed by atoms with Crippen LogP contribution in [0.15, 0.2) is 42.6 Å². The molecule has 1 aliphatic heterocycles. The Balaban J connectivity index is 1.39. The molecule has 140 valence electrons. The number of aryl methyl sites for hydroxylation is 1. The van der Waals surface area contributed by atoms with Crippen molar-refractivity contribution in [2.24, 2.45) is 7.05 Å². The van der Waals surface area contributed by atoms with Gasteiger partial charge in [0.15, 0.2) is 0 Å². The number of hydrogen-bond acceptors (Lipinski definition) is 3. The van der Waals surface area contributed by atoms with Gasteiger partial charge in [0.1, 0.15) is 5.82 Å². The minimum absolute atomic E-state index is 0.239. The van der Waals surface area contributed by atoms with Gasteiger partial charge in [0.25, 0.3) is 0 Å². The SMILES string of the molecule is Cn1ncc2c(NC(=O)NCc3ccc(N4CCCC4)c(F)c3)cccc21. The van der Waals surface area contributed by atoms with Crippen LogP contribution in [0, 0.1) is 5.82 Å². The molecule has 0 spiro atoms. The lowest BCUT2D eigenvalue weighted by Crippen LogP contribution is -2.28. The zero-order valence-corrected chi connectivity index (χ0v) is 15.2. The molecule has 1 aromatic heterocycles. The summed E-state index contributed by atoms with van der Waals surface area (Å²) in [7, 11) is 1.85. The molecule has 2 amide bonds. The molecule has 0 radical (unpaired) electrons. The molecule has 7 heteroatoms. The monoisotopic (exact) mass is 367 g/mol. The number of aromatic nitrogens is 2. The van der Waals surface area contributed by atoms with Crippen LogP contribution in [0.25, 0.3) is 10.9 Å². The molecule has 2 N–H and O–H groups in total. The summed E-state index contributed by atoms with van der Waals surface area (Å²) in [6, 6.07) is 10.5. The molecule has 3 aromatic rings. The second kappa shape index (κ2) is 7.26. The summed E-state index contributed by atoms with van der Waals surface area (Å²) >= 11 is 0. The Bertz CT molecular complexity index is 978. The van der Waals surface area contributed by atoms with Crippen LogP contribution in [0.3, 0.4) is 0 Å². The third kappa shape index (κ3) is 3.58. The summed E-state index contributed by atoms with van der Waals surface area (Å²) in [5.41, 5.74) is 3.00. The molecule has 27 heavy (non-hydrogen) atoms. The van der Waals surface area contributed by atoms with Crippen LogP contribution in [-0.2, 0) is 13.6 Å². The van der Waals surface area contributed by atoms with Crippen LogP contribution in [0.2, 0.25) is 0 Å². The Morgan fingerprint density at radius 1 is 1.22 bits per heavy atom. The van der Waals surface area contributed by atoms with E-state index in [0.29, 0.717) is 11.4 Å². The maximum Gasteiger partial charge on any atom is 0.319 e. The van der Waals surface area contributed by atoms with Gasteiger partial charge in [0, 0.05) is 32.1 Å². The molecule has 1 aliphatic rings. The van der Waals surface area contributed by atoms with Gasteiger partial charge < -0.3 is 15.5 Å². The molecular weight excluding hydrogens is 345 g/mol.